The maximum Gasteiger partial charge on any atom is 0.0479 e. The normalized spacial score (nSPS) is 10.6. The molecule has 0 heterocycles. The highest BCUT2D eigenvalue weighted by atomic mass is 32.2. The predicted octanol–water partition coefficient (Wildman–Crippen LogP) is 7.28. The van der Waals surface area contributed by atoms with Crippen LogP contribution in [0.1, 0.15) is 36.5 Å². The van der Waals surface area contributed by atoms with Gasteiger partial charge in [0.2, 0.25) is 0 Å². The van der Waals surface area contributed by atoms with Crippen LogP contribution in [0.15, 0.2) is 89.2 Å². The number of hydrogen-bond acceptors (Lipinski definition) is 2. The summed E-state index contributed by atoms with van der Waals surface area (Å²) in [5, 5.41) is 3.25. The summed E-state index contributed by atoms with van der Waals surface area (Å²) >= 11 is 1.77. The van der Waals surface area contributed by atoms with Crippen LogP contribution in [0.3, 0.4) is 0 Å². The molecule has 0 aromatic heterocycles. The van der Waals surface area contributed by atoms with E-state index in [-0.39, 0.29) is 0 Å². The van der Waals surface area contributed by atoms with Crippen LogP contribution in [0, 0.1) is 0 Å². The molecule has 1 nitrogen and oxygen atoms in total. The fourth-order valence-corrected chi connectivity index (χ4v) is 3.99. The summed E-state index contributed by atoms with van der Waals surface area (Å²) in [6, 6.07) is 25.9. The Kier molecular flexibility index (Phi) is 6.78. The second kappa shape index (κ2) is 9.48. The summed E-state index contributed by atoms with van der Waals surface area (Å²) < 4.78 is 0. The third-order valence-corrected chi connectivity index (χ3v) is 5.79. The van der Waals surface area contributed by atoms with E-state index in [0.717, 1.165) is 17.7 Å². The van der Waals surface area contributed by atoms with E-state index in [0.29, 0.717) is 0 Å². The third-order valence-electron chi connectivity index (χ3n) is 4.71. The van der Waals surface area contributed by atoms with E-state index >= 15 is 0 Å². The Morgan fingerprint density at radius 3 is 2.15 bits per heavy atom. The van der Waals surface area contributed by atoms with Gasteiger partial charge in [0.05, 0.1) is 0 Å². The number of unbranched alkanes of at least 4 members (excludes halogenated alkanes) is 1. The number of benzene rings is 3. The van der Waals surface area contributed by atoms with E-state index in [4.69, 9.17) is 0 Å². The van der Waals surface area contributed by atoms with E-state index in [2.05, 4.69) is 91.6 Å². The van der Waals surface area contributed by atoms with Crippen LogP contribution in [0.2, 0.25) is 0 Å². The highest BCUT2D eigenvalue weighted by Gasteiger charge is 2.06. The molecule has 2 heteroatoms. The fourth-order valence-electron chi connectivity index (χ4n) is 3.03. The first kappa shape index (κ1) is 19.3. The molecular formula is C25H27NS. The van der Waals surface area contributed by atoms with Gasteiger partial charge in [0.15, 0.2) is 0 Å². The van der Waals surface area contributed by atoms with Crippen LogP contribution in [0.5, 0.6) is 0 Å². The Morgan fingerprint density at radius 1 is 0.889 bits per heavy atom. The van der Waals surface area contributed by atoms with Crippen molar-refractivity contribution in [2.24, 2.45) is 0 Å². The first-order chi connectivity index (χ1) is 13.2. The average molecular weight is 374 g/mol. The van der Waals surface area contributed by atoms with Crippen molar-refractivity contribution in [2.45, 2.75) is 36.0 Å². The minimum Gasteiger partial charge on any atom is -0.387 e. The van der Waals surface area contributed by atoms with Crippen LogP contribution in [-0.4, -0.2) is 7.05 Å². The molecule has 0 radical (unpaired) electrons. The molecule has 0 unspecified atom stereocenters. The summed E-state index contributed by atoms with van der Waals surface area (Å²) in [5.74, 6) is 0. The molecule has 0 fully saturated rings. The Hall–Kier alpha value is -2.45. The number of anilines is 1. The zero-order chi connectivity index (χ0) is 19.1. The van der Waals surface area contributed by atoms with Gasteiger partial charge >= 0.3 is 0 Å². The lowest BCUT2D eigenvalue weighted by atomic mass is 9.98. The van der Waals surface area contributed by atoms with E-state index in [1.54, 1.807) is 11.8 Å². The summed E-state index contributed by atoms with van der Waals surface area (Å²) in [6.07, 6.45) is 3.64. The SMILES string of the molecule is C=C(c1ccc(CCCC)cc1)c1ccc(Sc2ccccc2NC)cc1. The lowest BCUT2D eigenvalue weighted by Gasteiger charge is -2.10. The van der Waals surface area contributed by atoms with Crippen molar-refractivity contribution in [1.29, 1.82) is 0 Å². The van der Waals surface area contributed by atoms with Gasteiger partial charge in [-0.25, -0.2) is 0 Å². The summed E-state index contributed by atoms with van der Waals surface area (Å²) in [7, 11) is 1.96. The molecule has 27 heavy (non-hydrogen) atoms. The molecule has 1 N–H and O–H groups in total. The molecular weight excluding hydrogens is 346 g/mol. The van der Waals surface area contributed by atoms with Crippen molar-refractivity contribution < 1.29 is 0 Å². The van der Waals surface area contributed by atoms with Gasteiger partial charge in [0.25, 0.3) is 0 Å². The van der Waals surface area contributed by atoms with Gasteiger partial charge in [0.1, 0.15) is 0 Å². The van der Waals surface area contributed by atoms with Crippen LogP contribution in [-0.2, 0) is 6.42 Å². The third kappa shape index (κ3) is 5.05. The van der Waals surface area contributed by atoms with Gasteiger partial charge in [-0.2, -0.15) is 0 Å². The minimum atomic E-state index is 1.07. The van der Waals surface area contributed by atoms with E-state index < -0.39 is 0 Å². The summed E-state index contributed by atoms with van der Waals surface area (Å²) in [5.41, 5.74) is 5.99. The second-order valence-corrected chi connectivity index (χ2v) is 7.77. The maximum atomic E-state index is 4.31. The largest absolute Gasteiger partial charge is 0.387 e. The zero-order valence-electron chi connectivity index (χ0n) is 16.2. The van der Waals surface area contributed by atoms with Gasteiger partial charge in [0, 0.05) is 22.5 Å². The smallest absolute Gasteiger partial charge is 0.0479 e. The van der Waals surface area contributed by atoms with Crippen LogP contribution >= 0.6 is 11.8 Å². The fraction of sp³-hybridized carbons (Fsp3) is 0.200. The zero-order valence-corrected chi connectivity index (χ0v) is 17.0. The minimum absolute atomic E-state index is 1.07. The number of aryl methyl sites for hydroxylation is 1. The van der Waals surface area contributed by atoms with Crippen LogP contribution < -0.4 is 5.32 Å². The molecule has 0 aliphatic carbocycles. The van der Waals surface area contributed by atoms with Gasteiger partial charge < -0.3 is 5.32 Å². The second-order valence-electron chi connectivity index (χ2n) is 6.65. The van der Waals surface area contributed by atoms with E-state index in [1.807, 2.05) is 7.05 Å². The molecule has 0 aliphatic heterocycles. The molecule has 0 amide bonds. The lowest BCUT2D eigenvalue weighted by molar-refractivity contribution is 0.795. The van der Waals surface area contributed by atoms with Crippen molar-refractivity contribution >= 4 is 23.0 Å². The maximum absolute atomic E-state index is 4.31. The van der Waals surface area contributed by atoms with Crippen molar-refractivity contribution in [1.82, 2.24) is 0 Å². The summed E-state index contributed by atoms with van der Waals surface area (Å²) in [6.45, 7) is 6.54. The Labute approximate surface area is 167 Å². The van der Waals surface area contributed by atoms with Crippen molar-refractivity contribution in [2.75, 3.05) is 12.4 Å². The Bertz CT molecular complexity index is 879. The van der Waals surface area contributed by atoms with Gasteiger partial charge in [-0.1, -0.05) is 80.2 Å². The quantitative estimate of drug-likeness (QED) is 0.445. The van der Waals surface area contributed by atoms with Crippen LogP contribution in [0.25, 0.3) is 5.57 Å². The topological polar surface area (TPSA) is 12.0 Å². The molecule has 0 aliphatic rings. The number of para-hydroxylation sites is 1. The first-order valence-corrected chi connectivity index (χ1v) is 10.4. The molecule has 0 saturated carbocycles. The van der Waals surface area contributed by atoms with Crippen molar-refractivity contribution in [3.8, 4) is 0 Å². The highest BCUT2D eigenvalue weighted by molar-refractivity contribution is 7.99. The predicted molar refractivity (Wildman–Crippen MR) is 120 cm³/mol. The van der Waals surface area contributed by atoms with Crippen molar-refractivity contribution in [3.63, 3.8) is 0 Å². The molecule has 3 aromatic carbocycles. The average Bonchev–Trinajstić information content (AvgIpc) is 2.73. The molecule has 3 aromatic rings. The molecule has 0 saturated heterocycles. The van der Waals surface area contributed by atoms with Gasteiger partial charge in [-0.15, -0.1) is 0 Å². The number of nitrogens with one attached hydrogen (secondary N) is 1. The number of rotatable bonds is 8. The molecule has 0 bridgehead atoms. The first-order valence-electron chi connectivity index (χ1n) is 9.54. The van der Waals surface area contributed by atoms with E-state index in [9.17, 15) is 0 Å². The van der Waals surface area contributed by atoms with Crippen molar-refractivity contribution in [3.05, 3.63) is 96.1 Å². The molecule has 0 atom stereocenters. The van der Waals surface area contributed by atoms with E-state index in [1.165, 1.54) is 39.3 Å². The molecule has 138 valence electrons. The molecule has 0 spiro atoms. The van der Waals surface area contributed by atoms with Crippen LogP contribution in [0.4, 0.5) is 5.69 Å². The standard InChI is InChI=1S/C25H27NS/c1-4-5-8-20-11-13-21(14-12-20)19(2)22-15-17-23(18-16-22)27-25-10-7-6-9-24(25)26-3/h6-7,9-18,26H,2,4-5,8H2,1,3H3. The number of hydrogen-bond donors (Lipinski definition) is 1. The van der Waals surface area contributed by atoms with Gasteiger partial charge in [-0.05, 0) is 59.4 Å². The molecule has 3 rings (SSSR count). The highest BCUT2D eigenvalue weighted by Crippen LogP contribution is 2.34. The Balaban J connectivity index is 1.70. The monoisotopic (exact) mass is 373 g/mol. The Morgan fingerprint density at radius 2 is 1.52 bits per heavy atom. The summed E-state index contributed by atoms with van der Waals surface area (Å²) in [4.78, 5) is 2.46. The lowest BCUT2D eigenvalue weighted by Crippen LogP contribution is -1.90. The van der Waals surface area contributed by atoms with Gasteiger partial charge in [-0.3, -0.25) is 0 Å².